The van der Waals surface area contributed by atoms with Gasteiger partial charge in [0.15, 0.2) is 0 Å². The monoisotopic (exact) mass is 680 g/mol. The van der Waals surface area contributed by atoms with Gasteiger partial charge in [-0.15, -0.1) is 0 Å². The highest BCUT2D eigenvalue weighted by atomic mass is 16.3. The Kier molecular flexibility index (Phi) is 36.1. The lowest BCUT2D eigenvalue weighted by atomic mass is 10.00. The summed E-state index contributed by atoms with van der Waals surface area (Å²) in [7, 11) is 0. The van der Waals surface area contributed by atoms with Gasteiger partial charge in [0.25, 0.3) is 0 Å². The normalized spacial score (nSPS) is 14.5. The summed E-state index contributed by atoms with van der Waals surface area (Å²) in [6, 6.07) is -1.00. The number of hydrogen-bond acceptors (Lipinski definition) is 5. The van der Waals surface area contributed by atoms with Gasteiger partial charge < -0.3 is 25.7 Å². The molecule has 0 aromatic carbocycles. The fraction of sp³-hybridized carbons (Fsp3) is 0.881. The number of nitrogens with one attached hydrogen (secondary N) is 1. The highest BCUT2D eigenvalue weighted by Gasteiger charge is 2.28. The molecule has 0 saturated heterocycles. The molecule has 1 amide bonds. The third-order valence-corrected chi connectivity index (χ3v) is 9.64. The number of hydrogen-bond donors (Lipinski definition) is 5. The minimum Gasteiger partial charge on any atom is -0.394 e. The maximum atomic E-state index is 12.5. The Bertz CT molecular complexity index is 727. The van der Waals surface area contributed by atoms with Gasteiger partial charge in [-0.25, -0.2) is 0 Å². The minimum absolute atomic E-state index is 0.364. The van der Waals surface area contributed by atoms with Crippen molar-refractivity contribution in [2.45, 2.75) is 231 Å². The van der Waals surface area contributed by atoms with Crippen molar-refractivity contribution in [2.24, 2.45) is 0 Å². The first kappa shape index (κ1) is 46.8. The third-order valence-electron chi connectivity index (χ3n) is 9.64. The molecule has 6 heteroatoms. The SMILES string of the molecule is CCCC/C=C/CC/C=C/CCCC(O)C(O)C(CO)NC(=O)C(O)CCCCCCCCCCCCCCCCCCCCCCC. The maximum Gasteiger partial charge on any atom is 0.249 e. The van der Waals surface area contributed by atoms with Crippen molar-refractivity contribution < 1.29 is 25.2 Å². The molecule has 4 unspecified atom stereocenters. The van der Waals surface area contributed by atoms with Crippen molar-refractivity contribution in [1.29, 1.82) is 0 Å². The summed E-state index contributed by atoms with van der Waals surface area (Å²) in [5.41, 5.74) is 0. The van der Waals surface area contributed by atoms with Crippen LogP contribution < -0.4 is 5.32 Å². The quantitative estimate of drug-likeness (QED) is 0.0332. The van der Waals surface area contributed by atoms with Crippen LogP contribution in [0.5, 0.6) is 0 Å². The minimum atomic E-state index is -1.28. The van der Waals surface area contributed by atoms with Gasteiger partial charge in [-0.1, -0.05) is 186 Å². The van der Waals surface area contributed by atoms with Crippen LogP contribution in [0.25, 0.3) is 0 Å². The molecule has 0 radical (unpaired) electrons. The summed E-state index contributed by atoms with van der Waals surface area (Å²) in [6.45, 7) is 3.98. The van der Waals surface area contributed by atoms with Gasteiger partial charge in [-0.2, -0.15) is 0 Å². The molecular weight excluding hydrogens is 598 g/mol. The second-order valence-electron chi connectivity index (χ2n) is 14.3. The summed E-state index contributed by atoms with van der Waals surface area (Å²) < 4.78 is 0. The Morgan fingerprint density at radius 2 is 0.875 bits per heavy atom. The van der Waals surface area contributed by atoms with E-state index in [1.54, 1.807) is 0 Å². The molecule has 0 aliphatic heterocycles. The lowest BCUT2D eigenvalue weighted by Crippen LogP contribution is -2.53. The fourth-order valence-corrected chi connectivity index (χ4v) is 6.29. The third kappa shape index (κ3) is 30.8. The standard InChI is InChI=1S/C42H81NO5/c1-3-5-7-9-11-13-15-16-17-18-19-20-21-22-23-24-26-28-30-32-34-36-40(46)42(48)43-38(37-44)41(47)39(45)35-33-31-29-27-25-14-12-10-8-6-4-2/h10,12,27,29,38-41,44-47H,3-9,11,13-26,28,30-37H2,1-2H3,(H,43,48)/b12-10+,29-27+. The second kappa shape index (κ2) is 37.1. The number of carbonyl (C=O) groups is 1. The van der Waals surface area contributed by atoms with Crippen molar-refractivity contribution in [3.05, 3.63) is 24.3 Å². The Balaban J connectivity index is 3.72. The molecule has 0 saturated carbocycles. The van der Waals surface area contributed by atoms with Gasteiger partial charge in [-0.3, -0.25) is 4.79 Å². The zero-order valence-corrected chi connectivity index (χ0v) is 31.7. The van der Waals surface area contributed by atoms with Crippen LogP contribution in [0.2, 0.25) is 0 Å². The van der Waals surface area contributed by atoms with Gasteiger partial charge in [0, 0.05) is 0 Å². The van der Waals surface area contributed by atoms with E-state index >= 15 is 0 Å². The van der Waals surface area contributed by atoms with Crippen LogP contribution in [0.3, 0.4) is 0 Å². The van der Waals surface area contributed by atoms with Crippen molar-refractivity contribution in [3.63, 3.8) is 0 Å². The molecule has 0 heterocycles. The number of unbranched alkanes of at least 4 members (excludes halogenated alkanes) is 24. The largest absolute Gasteiger partial charge is 0.394 e. The van der Waals surface area contributed by atoms with Crippen molar-refractivity contribution in [1.82, 2.24) is 5.32 Å². The van der Waals surface area contributed by atoms with Crippen LogP contribution in [-0.2, 0) is 4.79 Å². The Morgan fingerprint density at radius 3 is 1.29 bits per heavy atom. The number of amides is 1. The van der Waals surface area contributed by atoms with Crippen LogP contribution in [0.1, 0.15) is 206 Å². The molecule has 0 spiro atoms. The van der Waals surface area contributed by atoms with Crippen molar-refractivity contribution in [3.8, 4) is 0 Å². The Hall–Kier alpha value is -1.21. The predicted octanol–water partition coefficient (Wildman–Crippen LogP) is 10.4. The van der Waals surface area contributed by atoms with E-state index in [0.29, 0.717) is 19.3 Å². The molecule has 0 bridgehead atoms. The lowest BCUT2D eigenvalue weighted by Gasteiger charge is -2.27. The van der Waals surface area contributed by atoms with Crippen molar-refractivity contribution >= 4 is 5.91 Å². The fourth-order valence-electron chi connectivity index (χ4n) is 6.29. The first-order valence-electron chi connectivity index (χ1n) is 20.7. The molecular formula is C42H81NO5. The van der Waals surface area contributed by atoms with Gasteiger partial charge in [0.05, 0.1) is 18.8 Å². The number of aliphatic hydroxyl groups excluding tert-OH is 4. The molecule has 48 heavy (non-hydrogen) atoms. The Labute approximate surface area is 297 Å². The Morgan fingerprint density at radius 1 is 0.500 bits per heavy atom. The van der Waals surface area contributed by atoms with E-state index in [0.717, 1.165) is 44.9 Å². The molecule has 0 aromatic heterocycles. The maximum absolute atomic E-state index is 12.5. The number of allylic oxidation sites excluding steroid dienone is 4. The average Bonchev–Trinajstić information content (AvgIpc) is 3.09. The highest BCUT2D eigenvalue weighted by molar-refractivity contribution is 5.80. The number of rotatable bonds is 37. The average molecular weight is 680 g/mol. The van der Waals surface area contributed by atoms with E-state index in [4.69, 9.17) is 0 Å². The second-order valence-corrected chi connectivity index (χ2v) is 14.3. The lowest BCUT2D eigenvalue weighted by molar-refractivity contribution is -0.132. The molecule has 284 valence electrons. The van der Waals surface area contributed by atoms with Crippen LogP contribution in [0.4, 0.5) is 0 Å². The molecule has 5 N–H and O–H groups in total. The topological polar surface area (TPSA) is 110 Å². The predicted molar refractivity (Wildman–Crippen MR) is 205 cm³/mol. The summed E-state index contributed by atoms with van der Waals surface area (Å²) in [5.74, 6) is -0.597. The van der Waals surface area contributed by atoms with E-state index in [2.05, 4.69) is 43.5 Å². The summed E-state index contributed by atoms with van der Waals surface area (Å²) >= 11 is 0. The van der Waals surface area contributed by atoms with Crippen LogP contribution in [0, 0.1) is 0 Å². The van der Waals surface area contributed by atoms with Gasteiger partial charge in [0.2, 0.25) is 5.91 Å². The first-order valence-corrected chi connectivity index (χ1v) is 20.7. The van der Waals surface area contributed by atoms with Gasteiger partial charge in [0.1, 0.15) is 12.2 Å². The van der Waals surface area contributed by atoms with Crippen molar-refractivity contribution in [2.75, 3.05) is 6.61 Å². The van der Waals surface area contributed by atoms with E-state index in [9.17, 15) is 25.2 Å². The van der Waals surface area contributed by atoms with E-state index in [1.165, 1.54) is 128 Å². The number of carbonyl (C=O) groups excluding carboxylic acids is 1. The summed E-state index contributed by atoms with van der Waals surface area (Å²) in [4.78, 5) is 12.5. The first-order chi connectivity index (χ1) is 23.5. The zero-order valence-electron chi connectivity index (χ0n) is 31.7. The molecule has 0 fully saturated rings. The molecule has 6 nitrogen and oxygen atoms in total. The summed E-state index contributed by atoms with van der Waals surface area (Å²) in [5, 5.41) is 43.4. The number of aliphatic hydroxyl groups is 4. The molecule has 0 aromatic rings. The van der Waals surface area contributed by atoms with Gasteiger partial charge in [-0.05, 0) is 44.9 Å². The van der Waals surface area contributed by atoms with E-state index < -0.39 is 36.9 Å². The van der Waals surface area contributed by atoms with Gasteiger partial charge >= 0.3 is 0 Å². The molecule has 0 rings (SSSR count). The van der Waals surface area contributed by atoms with Crippen LogP contribution in [-0.4, -0.2) is 57.3 Å². The van der Waals surface area contributed by atoms with E-state index in [1.807, 2.05) is 0 Å². The molecule has 4 atom stereocenters. The smallest absolute Gasteiger partial charge is 0.249 e. The molecule has 0 aliphatic rings. The van der Waals surface area contributed by atoms with Crippen LogP contribution in [0.15, 0.2) is 24.3 Å². The molecule has 0 aliphatic carbocycles. The van der Waals surface area contributed by atoms with Crippen LogP contribution >= 0.6 is 0 Å². The van der Waals surface area contributed by atoms with E-state index in [-0.39, 0.29) is 0 Å². The highest BCUT2D eigenvalue weighted by Crippen LogP contribution is 2.16. The zero-order chi connectivity index (χ0) is 35.3. The summed E-state index contributed by atoms with van der Waals surface area (Å²) in [6.07, 6.45) is 40.7.